The fourth-order valence-corrected chi connectivity index (χ4v) is 3.38. The van der Waals surface area contributed by atoms with Gasteiger partial charge in [-0.1, -0.05) is 6.92 Å². The molecule has 0 aliphatic carbocycles. The van der Waals surface area contributed by atoms with E-state index in [2.05, 4.69) is 28.2 Å². The number of nitrogens with zero attached hydrogens (tertiary/aromatic N) is 4. The highest BCUT2D eigenvalue weighted by molar-refractivity contribution is 8.00. The van der Waals surface area contributed by atoms with E-state index in [1.165, 1.54) is 12.8 Å². The lowest BCUT2D eigenvalue weighted by atomic mass is 9.96. The number of aromatic nitrogens is 3. The average molecular weight is 283 g/mol. The van der Waals surface area contributed by atoms with Crippen LogP contribution in [0.25, 0.3) is 0 Å². The van der Waals surface area contributed by atoms with Crippen molar-refractivity contribution in [2.75, 3.05) is 25.9 Å². The van der Waals surface area contributed by atoms with Crippen molar-refractivity contribution in [3.63, 3.8) is 0 Å². The molecule has 0 saturated carbocycles. The van der Waals surface area contributed by atoms with Gasteiger partial charge in [-0.15, -0.1) is 0 Å². The fraction of sp³-hybridized carbons (Fsp3) is 0.846. The maximum atomic E-state index is 5.93. The lowest BCUT2D eigenvalue weighted by molar-refractivity contribution is 0.188. The summed E-state index contributed by atoms with van der Waals surface area (Å²) in [6.45, 7) is 7.04. The highest BCUT2D eigenvalue weighted by Gasteiger charge is 2.32. The van der Waals surface area contributed by atoms with Crippen LogP contribution in [0.1, 0.15) is 32.0 Å². The van der Waals surface area contributed by atoms with Gasteiger partial charge in [-0.2, -0.15) is 16.9 Å². The Bertz CT molecular complexity index is 378. The highest BCUT2D eigenvalue weighted by atomic mass is 32.2. The normalized spacial score (nSPS) is 19.7. The molecule has 0 spiro atoms. The van der Waals surface area contributed by atoms with Crippen molar-refractivity contribution >= 4 is 11.8 Å². The van der Waals surface area contributed by atoms with Gasteiger partial charge < -0.3 is 5.73 Å². The largest absolute Gasteiger partial charge is 0.329 e. The third-order valence-corrected chi connectivity index (χ3v) is 5.51. The molecule has 5 nitrogen and oxygen atoms in total. The van der Waals surface area contributed by atoms with E-state index in [1.54, 1.807) is 6.33 Å². The molecule has 6 heteroatoms. The lowest BCUT2D eigenvalue weighted by Gasteiger charge is -2.39. The SMILES string of the molecule is CCCn1ncnc1CN1CCC(CN)(SC)CC1. The number of hydrogen-bond acceptors (Lipinski definition) is 5. The molecule has 0 radical (unpaired) electrons. The van der Waals surface area contributed by atoms with Crippen molar-refractivity contribution in [1.82, 2.24) is 19.7 Å². The van der Waals surface area contributed by atoms with E-state index < -0.39 is 0 Å². The van der Waals surface area contributed by atoms with Crippen molar-refractivity contribution < 1.29 is 0 Å². The molecular formula is C13H25N5S. The first-order chi connectivity index (χ1) is 9.23. The van der Waals surface area contributed by atoms with Gasteiger partial charge in [0.05, 0.1) is 6.54 Å². The van der Waals surface area contributed by atoms with Gasteiger partial charge in [0.2, 0.25) is 0 Å². The van der Waals surface area contributed by atoms with Crippen LogP contribution in [0.3, 0.4) is 0 Å². The van der Waals surface area contributed by atoms with Crippen LogP contribution >= 0.6 is 11.8 Å². The van der Waals surface area contributed by atoms with E-state index in [-0.39, 0.29) is 0 Å². The summed E-state index contributed by atoms with van der Waals surface area (Å²) in [5.41, 5.74) is 5.93. The summed E-state index contributed by atoms with van der Waals surface area (Å²) in [5, 5.41) is 4.29. The van der Waals surface area contributed by atoms with Crippen LogP contribution < -0.4 is 5.73 Å². The van der Waals surface area contributed by atoms with Crippen LogP contribution in [-0.4, -0.2) is 50.3 Å². The summed E-state index contributed by atoms with van der Waals surface area (Å²) in [6.07, 6.45) is 7.29. The van der Waals surface area contributed by atoms with Gasteiger partial charge in [0.25, 0.3) is 0 Å². The average Bonchev–Trinajstić information content (AvgIpc) is 2.88. The van der Waals surface area contributed by atoms with E-state index in [4.69, 9.17) is 5.73 Å². The number of thioether (sulfide) groups is 1. The molecule has 2 N–H and O–H groups in total. The molecule has 1 aliphatic rings. The molecule has 19 heavy (non-hydrogen) atoms. The first-order valence-electron chi connectivity index (χ1n) is 7.07. The molecule has 0 amide bonds. The molecule has 0 bridgehead atoms. The second-order valence-electron chi connectivity index (χ2n) is 5.27. The lowest BCUT2D eigenvalue weighted by Crippen LogP contribution is -2.46. The topological polar surface area (TPSA) is 60.0 Å². The third-order valence-electron chi connectivity index (χ3n) is 4.07. The maximum Gasteiger partial charge on any atom is 0.141 e. The molecule has 0 aromatic carbocycles. The van der Waals surface area contributed by atoms with Gasteiger partial charge in [0.15, 0.2) is 0 Å². The second kappa shape index (κ2) is 6.72. The molecule has 1 aliphatic heterocycles. The van der Waals surface area contributed by atoms with Gasteiger partial charge in [0.1, 0.15) is 12.2 Å². The fourth-order valence-electron chi connectivity index (χ4n) is 2.62. The first kappa shape index (κ1) is 14.8. The Balaban J connectivity index is 1.90. The molecule has 1 aromatic heterocycles. The van der Waals surface area contributed by atoms with Crippen LogP contribution in [0.4, 0.5) is 0 Å². The molecule has 2 heterocycles. The van der Waals surface area contributed by atoms with Gasteiger partial charge in [-0.3, -0.25) is 4.90 Å². The minimum atomic E-state index is 0.299. The number of piperidine rings is 1. The second-order valence-corrected chi connectivity index (χ2v) is 6.54. The zero-order valence-corrected chi connectivity index (χ0v) is 12.8. The van der Waals surface area contributed by atoms with Crippen LogP contribution in [-0.2, 0) is 13.1 Å². The van der Waals surface area contributed by atoms with Crippen LogP contribution in [0.15, 0.2) is 6.33 Å². The minimum Gasteiger partial charge on any atom is -0.329 e. The van der Waals surface area contributed by atoms with Crippen molar-refractivity contribution in [3.05, 3.63) is 12.2 Å². The summed E-state index contributed by atoms with van der Waals surface area (Å²) < 4.78 is 2.33. The summed E-state index contributed by atoms with van der Waals surface area (Å²) in [5.74, 6) is 1.09. The molecule has 1 saturated heterocycles. The number of rotatable bonds is 6. The molecule has 0 atom stereocenters. The van der Waals surface area contributed by atoms with E-state index in [1.807, 2.05) is 16.4 Å². The summed E-state index contributed by atoms with van der Waals surface area (Å²) in [4.78, 5) is 6.86. The van der Waals surface area contributed by atoms with Crippen LogP contribution in [0, 0.1) is 0 Å². The molecule has 1 aromatic rings. The quantitative estimate of drug-likeness (QED) is 0.854. The Morgan fingerprint density at radius 1 is 1.42 bits per heavy atom. The monoisotopic (exact) mass is 283 g/mol. The summed E-state index contributed by atoms with van der Waals surface area (Å²) >= 11 is 1.93. The number of hydrogen-bond donors (Lipinski definition) is 1. The minimum absolute atomic E-state index is 0.299. The standard InChI is InChI=1S/C13H25N5S/c1-3-6-18-12(15-11-16-18)9-17-7-4-13(10-14,19-2)5-8-17/h11H,3-10,14H2,1-2H3. The van der Waals surface area contributed by atoms with E-state index in [0.717, 1.165) is 45.0 Å². The summed E-state index contributed by atoms with van der Waals surface area (Å²) in [6, 6.07) is 0. The van der Waals surface area contributed by atoms with Gasteiger partial charge in [-0.25, -0.2) is 9.67 Å². The van der Waals surface area contributed by atoms with Gasteiger partial charge >= 0.3 is 0 Å². The smallest absolute Gasteiger partial charge is 0.141 e. The Morgan fingerprint density at radius 2 is 2.16 bits per heavy atom. The molecule has 2 rings (SSSR count). The number of nitrogens with two attached hydrogens (primary N) is 1. The third kappa shape index (κ3) is 3.49. The molecular weight excluding hydrogens is 258 g/mol. The Hall–Kier alpha value is -0.590. The van der Waals surface area contributed by atoms with Gasteiger partial charge in [-0.05, 0) is 38.6 Å². The Labute approximate surface area is 119 Å². The number of likely N-dealkylation sites (tertiary alicyclic amines) is 1. The highest BCUT2D eigenvalue weighted by Crippen LogP contribution is 2.33. The van der Waals surface area contributed by atoms with Gasteiger partial charge in [0, 0.05) is 17.8 Å². The predicted octanol–water partition coefficient (Wildman–Crippen LogP) is 1.34. The van der Waals surface area contributed by atoms with Crippen LogP contribution in [0.5, 0.6) is 0 Å². The molecule has 0 unspecified atom stereocenters. The van der Waals surface area contributed by atoms with Crippen molar-refractivity contribution in [2.24, 2.45) is 5.73 Å². The molecule has 108 valence electrons. The Morgan fingerprint density at radius 3 is 2.74 bits per heavy atom. The van der Waals surface area contributed by atoms with Crippen molar-refractivity contribution in [2.45, 2.75) is 44.0 Å². The number of aryl methyl sites for hydroxylation is 1. The van der Waals surface area contributed by atoms with Crippen molar-refractivity contribution in [1.29, 1.82) is 0 Å². The van der Waals surface area contributed by atoms with E-state index in [0.29, 0.717) is 4.75 Å². The first-order valence-corrected chi connectivity index (χ1v) is 8.30. The molecule has 1 fully saturated rings. The summed E-state index contributed by atoms with van der Waals surface area (Å²) in [7, 11) is 0. The van der Waals surface area contributed by atoms with E-state index in [9.17, 15) is 0 Å². The maximum absolute atomic E-state index is 5.93. The zero-order chi connectivity index (χ0) is 13.7. The van der Waals surface area contributed by atoms with Crippen LogP contribution in [0.2, 0.25) is 0 Å². The van der Waals surface area contributed by atoms with Crippen molar-refractivity contribution in [3.8, 4) is 0 Å². The van der Waals surface area contributed by atoms with E-state index >= 15 is 0 Å². The zero-order valence-electron chi connectivity index (χ0n) is 12.0. The predicted molar refractivity (Wildman–Crippen MR) is 80.1 cm³/mol. The Kier molecular flexibility index (Phi) is 5.24.